The first-order valence-electron chi connectivity index (χ1n) is 5.96. The molecular weight excluding hydrogens is 246 g/mol. The fraction of sp³-hybridized carbons (Fsp3) is 0.286. The number of ether oxygens (including phenoxy) is 2. The van der Waals surface area contributed by atoms with Crippen LogP contribution in [0.2, 0.25) is 0 Å². The van der Waals surface area contributed by atoms with Crippen LogP contribution in [0.1, 0.15) is 5.56 Å². The van der Waals surface area contributed by atoms with Crippen LogP contribution in [0.4, 0.5) is 0 Å². The van der Waals surface area contributed by atoms with Gasteiger partial charge in [0, 0.05) is 0 Å². The molecule has 5 heteroatoms. The molecule has 1 fully saturated rings. The first-order chi connectivity index (χ1) is 9.19. The lowest BCUT2D eigenvalue weighted by Crippen LogP contribution is -2.44. The van der Waals surface area contributed by atoms with Gasteiger partial charge in [-0.3, -0.25) is 0 Å². The summed E-state index contributed by atoms with van der Waals surface area (Å²) in [6, 6.07) is 9.81. The zero-order chi connectivity index (χ0) is 13.7. The lowest BCUT2D eigenvalue weighted by Gasteiger charge is -2.26. The molecular formula is C14H15NO4. The standard InChI is InChI=1S/C14H15NO4/c1-18-13(16)8-12-14(17)19-9-11(15-12)7-10-5-3-2-4-6-10/h2-6,8,11,15H,7,9H2,1H3/b12-8+. The van der Waals surface area contributed by atoms with Crippen LogP contribution in [-0.2, 0) is 25.5 Å². The fourth-order valence-corrected chi connectivity index (χ4v) is 1.86. The number of carbonyl (C=O) groups is 2. The topological polar surface area (TPSA) is 64.6 Å². The zero-order valence-corrected chi connectivity index (χ0v) is 10.6. The van der Waals surface area contributed by atoms with Crippen molar-refractivity contribution in [1.82, 2.24) is 5.32 Å². The smallest absolute Gasteiger partial charge is 0.354 e. The van der Waals surface area contributed by atoms with Crippen molar-refractivity contribution in [3.63, 3.8) is 0 Å². The van der Waals surface area contributed by atoms with Gasteiger partial charge in [-0.15, -0.1) is 0 Å². The van der Waals surface area contributed by atoms with Gasteiger partial charge in [-0.25, -0.2) is 9.59 Å². The van der Waals surface area contributed by atoms with Crippen molar-refractivity contribution in [2.75, 3.05) is 13.7 Å². The maximum Gasteiger partial charge on any atom is 0.354 e. The third-order valence-electron chi connectivity index (χ3n) is 2.78. The second-order valence-electron chi connectivity index (χ2n) is 4.21. The van der Waals surface area contributed by atoms with E-state index in [0.717, 1.165) is 11.6 Å². The van der Waals surface area contributed by atoms with Crippen LogP contribution in [0, 0.1) is 0 Å². The minimum atomic E-state index is -0.584. The number of morpholine rings is 1. The Morgan fingerprint density at radius 2 is 2.21 bits per heavy atom. The van der Waals surface area contributed by atoms with Crippen molar-refractivity contribution < 1.29 is 19.1 Å². The van der Waals surface area contributed by atoms with E-state index in [1.165, 1.54) is 7.11 Å². The molecule has 1 unspecified atom stereocenters. The minimum Gasteiger partial charge on any atom is -0.466 e. The molecule has 0 saturated carbocycles. The summed E-state index contributed by atoms with van der Waals surface area (Å²) in [5.41, 5.74) is 1.27. The van der Waals surface area contributed by atoms with E-state index in [4.69, 9.17) is 4.74 Å². The number of hydrogen-bond donors (Lipinski definition) is 1. The number of cyclic esters (lactones) is 1. The molecule has 1 heterocycles. The Hall–Kier alpha value is -2.30. The molecule has 1 N–H and O–H groups in total. The molecule has 1 saturated heterocycles. The molecule has 0 aliphatic carbocycles. The predicted octanol–water partition coefficient (Wildman–Crippen LogP) is 0.801. The summed E-state index contributed by atoms with van der Waals surface area (Å²) >= 11 is 0. The Kier molecular flexibility index (Phi) is 4.18. The molecule has 2 rings (SSSR count). The van der Waals surface area contributed by atoms with Gasteiger partial charge >= 0.3 is 11.9 Å². The summed E-state index contributed by atoms with van der Waals surface area (Å²) in [6.45, 7) is 0.284. The van der Waals surface area contributed by atoms with Crippen LogP contribution >= 0.6 is 0 Å². The Labute approximate surface area is 111 Å². The van der Waals surface area contributed by atoms with Crippen molar-refractivity contribution in [1.29, 1.82) is 0 Å². The average molecular weight is 261 g/mol. The summed E-state index contributed by atoms with van der Waals surface area (Å²) in [7, 11) is 1.26. The summed E-state index contributed by atoms with van der Waals surface area (Å²) in [5.74, 6) is -1.12. The van der Waals surface area contributed by atoms with Crippen molar-refractivity contribution in [2.24, 2.45) is 0 Å². The van der Waals surface area contributed by atoms with Crippen molar-refractivity contribution in [3.05, 3.63) is 47.7 Å². The summed E-state index contributed by atoms with van der Waals surface area (Å²) in [6.07, 6.45) is 1.83. The maximum atomic E-state index is 11.5. The van der Waals surface area contributed by atoms with Crippen LogP contribution in [0.3, 0.4) is 0 Å². The summed E-state index contributed by atoms with van der Waals surface area (Å²) in [5, 5.41) is 3.00. The van der Waals surface area contributed by atoms with Gasteiger partial charge < -0.3 is 14.8 Å². The molecule has 19 heavy (non-hydrogen) atoms. The molecule has 0 bridgehead atoms. The highest BCUT2D eigenvalue weighted by atomic mass is 16.5. The van der Waals surface area contributed by atoms with E-state index in [9.17, 15) is 9.59 Å². The number of hydrogen-bond acceptors (Lipinski definition) is 5. The molecule has 5 nitrogen and oxygen atoms in total. The van der Waals surface area contributed by atoms with Crippen molar-refractivity contribution in [2.45, 2.75) is 12.5 Å². The van der Waals surface area contributed by atoms with Gasteiger partial charge in [0.25, 0.3) is 0 Å². The van der Waals surface area contributed by atoms with Crippen LogP contribution in [0.5, 0.6) is 0 Å². The van der Waals surface area contributed by atoms with Crippen molar-refractivity contribution in [3.8, 4) is 0 Å². The highest BCUT2D eigenvalue weighted by Gasteiger charge is 2.24. The van der Waals surface area contributed by atoms with Gasteiger partial charge in [0.15, 0.2) is 0 Å². The summed E-state index contributed by atoms with van der Waals surface area (Å²) < 4.78 is 9.53. The van der Waals surface area contributed by atoms with E-state index < -0.39 is 11.9 Å². The number of esters is 2. The molecule has 100 valence electrons. The Morgan fingerprint density at radius 3 is 2.89 bits per heavy atom. The van der Waals surface area contributed by atoms with E-state index in [1.54, 1.807) is 0 Å². The Morgan fingerprint density at radius 1 is 1.47 bits per heavy atom. The quantitative estimate of drug-likeness (QED) is 0.644. The Bertz CT molecular complexity index is 495. The third kappa shape index (κ3) is 3.58. The van der Waals surface area contributed by atoms with E-state index in [1.807, 2.05) is 30.3 Å². The highest BCUT2D eigenvalue weighted by Crippen LogP contribution is 2.10. The van der Waals surface area contributed by atoms with Gasteiger partial charge in [-0.1, -0.05) is 30.3 Å². The van der Waals surface area contributed by atoms with Crippen LogP contribution < -0.4 is 5.32 Å². The predicted molar refractivity (Wildman–Crippen MR) is 68.1 cm³/mol. The van der Waals surface area contributed by atoms with Gasteiger partial charge in [0.1, 0.15) is 12.3 Å². The summed E-state index contributed by atoms with van der Waals surface area (Å²) in [4.78, 5) is 22.6. The van der Waals surface area contributed by atoms with Gasteiger partial charge in [0.05, 0.1) is 19.2 Å². The van der Waals surface area contributed by atoms with Crippen LogP contribution in [0.15, 0.2) is 42.1 Å². The number of carbonyl (C=O) groups excluding carboxylic acids is 2. The number of rotatable bonds is 3. The maximum absolute atomic E-state index is 11.5. The normalized spacial score (nSPS) is 20.6. The molecule has 1 aliphatic heterocycles. The zero-order valence-electron chi connectivity index (χ0n) is 10.6. The fourth-order valence-electron chi connectivity index (χ4n) is 1.86. The second-order valence-corrected chi connectivity index (χ2v) is 4.21. The average Bonchev–Trinajstić information content (AvgIpc) is 2.43. The first-order valence-corrected chi connectivity index (χ1v) is 5.96. The molecule has 0 amide bonds. The molecule has 0 spiro atoms. The van der Waals surface area contributed by atoms with Crippen LogP contribution in [0.25, 0.3) is 0 Å². The molecule has 1 aromatic rings. The minimum absolute atomic E-state index is 0.0454. The second kappa shape index (κ2) is 6.04. The molecule has 1 aromatic carbocycles. The molecule has 1 atom stereocenters. The van der Waals surface area contributed by atoms with E-state index in [0.29, 0.717) is 6.42 Å². The third-order valence-corrected chi connectivity index (χ3v) is 2.78. The van der Waals surface area contributed by atoms with E-state index in [2.05, 4.69) is 10.1 Å². The van der Waals surface area contributed by atoms with Crippen LogP contribution in [-0.4, -0.2) is 31.7 Å². The molecule has 1 aliphatic rings. The Balaban J connectivity index is 2.03. The number of methoxy groups -OCH3 is 1. The van der Waals surface area contributed by atoms with Crippen molar-refractivity contribution >= 4 is 11.9 Å². The van der Waals surface area contributed by atoms with E-state index in [-0.39, 0.29) is 18.3 Å². The largest absolute Gasteiger partial charge is 0.466 e. The first kappa shape index (κ1) is 13.1. The number of nitrogens with one attached hydrogen (secondary N) is 1. The van der Waals surface area contributed by atoms with Gasteiger partial charge in [-0.2, -0.15) is 0 Å². The van der Waals surface area contributed by atoms with E-state index >= 15 is 0 Å². The number of benzene rings is 1. The highest BCUT2D eigenvalue weighted by molar-refractivity contribution is 5.96. The SMILES string of the molecule is COC(=O)/C=C1/NC(Cc2ccccc2)COC1=O. The monoisotopic (exact) mass is 261 g/mol. The molecule has 0 radical (unpaired) electrons. The molecule has 0 aromatic heterocycles. The lowest BCUT2D eigenvalue weighted by atomic mass is 10.1. The van der Waals surface area contributed by atoms with Gasteiger partial charge in [0.2, 0.25) is 0 Å². The lowest BCUT2D eigenvalue weighted by molar-refractivity contribution is -0.144. The van der Waals surface area contributed by atoms with Gasteiger partial charge in [-0.05, 0) is 12.0 Å².